The molecule has 7 heteroatoms. The maximum absolute atomic E-state index is 13.7. The molecule has 0 spiro atoms. The summed E-state index contributed by atoms with van der Waals surface area (Å²) in [6.45, 7) is 2.60. The molecular weight excluding hydrogens is 277 g/mol. The molecule has 0 radical (unpaired) electrons. The van der Waals surface area contributed by atoms with Crippen molar-refractivity contribution in [1.82, 2.24) is 5.32 Å². The second kappa shape index (κ2) is 6.71. The first kappa shape index (κ1) is 15.5. The van der Waals surface area contributed by atoms with Crippen LogP contribution in [0.15, 0.2) is 12.1 Å². The van der Waals surface area contributed by atoms with Gasteiger partial charge in [-0.15, -0.1) is 0 Å². The van der Waals surface area contributed by atoms with Gasteiger partial charge < -0.3 is 15.0 Å². The number of nitro benzene ring substituents is 1. The smallest absolute Gasteiger partial charge is 0.295 e. The molecule has 1 atom stereocenters. The van der Waals surface area contributed by atoms with Crippen molar-refractivity contribution in [2.75, 3.05) is 38.7 Å². The number of piperidine rings is 1. The van der Waals surface area contributed by atoms with Crippen molar-refractivity contribution in [1.29, 1.82) is 0 Å². The molecule has 1 aromatic rings. The molecule has 116 valence electrons. The second-order valence-electron chi connectivity index (χ2n) is 5.33. The van der Waals surface area contributed by atoms with Gasteiger partial charge in [-0.1, -0.05) is 0 Å². The summed E-state index contributed by atoms with van der Waals surface area (Å²) >= 11 is 0. The van der Waals surface area contributed by atoms with E-state index in [1.807, 2.05) is 0 Å². The first-order valence-electron chi connectivity index (χ1n) is 6.96. The van der Waals surface area contributed by atoms with Crippen molar-refractivity contribution in [3.8, 4) is 5.75 Å². The Kier molecular flexibility index (Phi) is 4.95. The molecule has 1 N–H and O–H groups in total. The van der Waals surface area contributed by atoms with Crippen LogP contribution >= 0.6 is 0 Å². The molecule has 1 aliphatic rings. The summed E-state index contributed by atoms with van der Waals surface area (Å²) in [5, 5.41) is 14.4. The Hall–Kier alpha value is -1.89. The number of nitro groups is 1. The third kappa shape index (κ3) is 3.60. The van der Waals surface area contributed by atoms with Gasteiger partial charge in [0.05, 0.1) is 18.1 Å². The molecule has 1 fully saturated rings. The predicted octanol–water partition coefficient (Wildman–Crippen LogP) is 2.18. The topological polar surface area (TPSA) is 67.6 Å². The second-order valence-corrected chi connectivity index (χ2v) is 5.33. The quantitative estimate of drug-likeness (QED) is 0.666. The van der Waals surface area contributed by atoms with Crippen molar-refractivity contribution >= 4 is 11.4 Å². The average Bonchev–Trinajstić information content (AvgIpc) is 2.47. The number of nitrogens with one attached hydrogen (secondary N) is 1. The molecule has 0 aliphatic carbocycles. The molecule has 21 heavy (non-hydrogen) atoms. The fraction of sp³-hybridized carbons (Fsp3) is 0.571. The van der Waals surface area contributed by atoms with Gasteiger partial charge in [0, 0.05) is 19.7 Å². The largest absolute Gasteiger partial charge is 0.494 e. The van der Waals surface area contributed by atoms with Crippen molar-refractivity contribution in [3.63, 3.8) is 0 Å². The molecule has 6 nitrogen and oxygen atoms in total. The van der Waals surface area contributed by atoms with Crippen LogP contribution in [0.25, 0.3) is 0 Å². The lowest BCUT2D eigenvalue weighted by Gasteiger charge is -2.28. The van der Waals surface area contributed by atoms with Crippen LogP contribution in [0.4, 0.5) is 15.8 Å². The van der Waals surface area contributed by atoms with Crippen LogP contribution in [0, 0.1) is 21.8 Å². The number of benzene rings is 1. The Morgan fingerprint density at radius 1 is 1.57 bits per heavy atom. The van der Waals surface area contributed by atoms with Gasteiger partial charge in [-0.3, -0.25) is 10.1 Å². The standard InChI is InChI=1S/C14H20FN3O3/c1-17(9-10-4-3-5-16-8-10)12-7-14(21-2)11(15)6-13(12)18(19)20/h6-7,10,16H,3-5,8-9H2,1-2H3. The summed E-state index contributed by atoms with van der Waals surface area (Å²) < 4.78 is 18.6. The summed E-state index contributed by atoms with van der Waals surface area (Å²) in [4.78, 5) is 12.4. The van der Waals surface area contributed by atoms with Crippen LogP contribution in [0.3, 0.4) is 0 Å². The molecule has 0 saturated carbocycles. The number of anilines is 1. The number of nitrogens with zero attached hydrogens (tertiary/aromatic N) is 2. The van der Waals surface area contributed by atoms with Gasteiger partial charge in [-0.2, -0.15) is 0 Å². The lowest BCUT2D eigenvalue weighted by atomic mass is 9.99. The van der Waals surface area contributed by atoms with Crippen LogP contribution in [-0.2, 0) is 0 Å². The number of halogens is 1. The Morgan fingerprint density at radius 3 is 2.90 bits per heavy atom. The summed E-state index contributed by atoms with van der Waals surface area (Å²) in [6.07, 6.45) is 2.19. The van der Waals surface area contributed by atoms with Gasteiger partial charge in [0.1, 0.15) is 5.69 Å². The zero-order valence-corrected chi connectivity index (χ0v) is 12.3. The molecule has 1 aliphatic heterocycles. The predicted molar refractivity (Wildman–Crippen MR) is 78.5 cm³/mol. The third-order valence-corrected chi connectivity index (χ3v) is 3.79. The molecule has 0 bridgehead atoms. The van der Waals surface area contributed by atoms with E-state index < -0.39 is 10.7 Å². The number of hydrogen-bond donors (Lipinski definition) is 1. The molecule has 0 aromatic heterocycles. The van der Waals surface area contributed by atoms with Gasteiger partial charge in [0.2, 0.25) is 0 Å². The minimum Gasteiger partial charge on any atom is -0.494 e. The van der Waals surface area contributed by atoms with E-state index in [9.17, 15) is 14.5 Å². The molecular formula is C14H20FN3O3. The maximum Gasteiger partial charge on any atom is 0.295 e. The van der Waals surface area contributed by atoms with Crippen LogP contribution in [0.1, 0.15) is 12.8 Å². The molecule has 2 rings (SSSR count). The SMILES string of the molecule is COc1cc(N(C)CC2CCCNC2)c([N+](=O)[O-])cc1F. The van der Waals surface area contributed by atoms with E-state index in [-0.39, 0.29) is 11.4 Å². The minimum absolute atomic E-state index is 0.0178. The number of methoxy groups -OCH3 is 1. The van der Waals surface area contributed by atoms with Crippen LogP contribution in [0.5, 0.6) is 5.75 Å². The van der Waals surface area contributed by atoms with E-state index in [4.69, 9.17) is 4.74 Å². The van der Waals surface area contributed by atoms with Gasteiger partial charge in [-0.25, -0.2) is 4.39 Å². The number of ether oxygens (including phenoxy) is 1. The Labute approximate surface area is 123 Å². The minimum atomic E-state index is -0.722. The van der Waals surface area contributed by atoms with Gasteiger partial charge in [0.25, 0.3) is 5.69 Å². The molecule has 1 saturated heterocycles. The Bertz CT molecular complexity index is 518. The summed E-state index contributed by atoms with van der Waals surface area (Å²) in [5.74, 6) is -0.274. The molecule has 1 aromatic carbocycles. The van der Waals surface area contributed by atoms with E-state index in [1.54, 1.807) is 11.9 Å². The lowest BCUT2D eigenvalue weighted by Crippen LogP contribution is -2.37. The zero-order valence-electron chi connectivity index (χ0n) is 12.3. The highest BCUT2D eigenvalue weighted by Gasteiger charge is 2.24. The van der Waals surface area contributed by atoms with Gasteiger partial charge in [-0.05, 0) is 31.8 Å². The normalized spacial score (nSPS) is 18.3. The lowest BCUT2D eigenvalue weighted by molar-refractivity contribution is -0.384. The summed E-state index contributed by atoms with van der Waals surface area (Å²) in [6, 6.07) is 2.31. The zero-order chi connectivity index (χ0) is 15.4. The molecule has 1 heterocycles. The van der Waals surface area contributed by atoms with E-state index in [1.165, 1.54) is 13.2 Å². The van der Waals surface area contributed by atoms with Crippen LogP contribution in [0.2, 0.25) is 0 Å². The first-order chi connectivity index (χ1) is 10.0. The first-order valence-corrected chi connectivity index (χ1v) is 6.96. The number of rotatable bonds is 5. The summed E-state index contributed by atoms with van der Waals surface area (Å²) in [5.41, 5.74) is 0.142. The van der Waals surface area contributed by atoms with Gasteiger partial charge >= 0.3 is 0 Å². The Balaban J connectivity index is 2.24. The van der Waals surface area contributed by atoms with E-state index in [0.29, 0.717) is 18.2 Å². The van der Waals surface area contributed by atoms with Crippen molar-refractivity contribution in [2.45, 2.75) is 12.8 Å². The fourth-order valence-corrected chi connectivity index (χ4v) is 2.71. The highest BCUT2D eigenvalue weighted by Crippen LogP contribution is 2.34. The number of hydrogen-bond acceptors (Lipinski definition) is 5. The average molecular weight is 297 g/mol. The van der Waals surface area contributed by atoms with E-state index >= 15 is 0 Å². The van der Waals surface area contributed by atoms with Gasteiger partial charge in [0.15, 0.2) is 11.6 Å². The molecule has 0 amide bonds. The maximum atomic E-state index is 13.7. The van der Waals surface area contributed by atoms with Crippen molar-refractivity contribution < 1.29 is 14.1 Å². The van der Waals surface area contributed by atoms with E-state index in [0.717, 1.165) is 32.0 Å². The highest BCUT2D eigenvalue weighted by atomic mass is 19.1. The van der Waals surface area contributed by atoms with Crippen LogP contribution < -0.4 is 15.0 Å². The monoisotopic (exact) mass is 297 g/mol. The summed E-state index contributed by atoms with van der Waals surface area (Å²) in [7, 11) is 3.13. The van der Waals surface area contributed by atoms with Crippen molar-refractivity contribution in [3.05, 3.63) is 28.1 Å². The fourth-order valence-electron chi connectivity index (χ4n) is 2.71. The Morgan fingerprint density at radius 2 is 2.33 bits per heavy atom. The molecule has 1 unspecified atom stereocenters. The highest BCUT2D eigenvalue weighted by molar-refractivity contribution is 5.66. The third-order valence-electron chi connectivity index (χ3n) is 3.79. The van der Waals surface area contributed by atoms with Crippen LogP contribution in [-0.4, -0.2) is 38.7 Å². The van der Waals surface area contributed by atoms with Crippen molar-refractivity contribution in [2.24, 2.45) is 5.92 Å². The van der Waals surface area contributed by atoms with E-state index in [2.05, 4.69) is 5.32 Å².